The van der Waals surface area contributed by atoms with Crippen LogP contribution >= 0.6 is 47.8 Å². The van der Waals surface area contributed by atoms with E-state index in [9.17, 15) is 30.0 Å². The Bertz CT molecular complexity index is 1540. The molecule has 0 saturated carbocycles. The molecule has 0 amide bonds. The number of hydrogen-bond acceptors (Lipinski definition) is 9. The first kappa shape index (κ1) is 24.2. The summed E-state index contributed by atoms with van der Waals surface area (Å²) in [5, 5.41) is 41.9. The average Bonchev–Trinajstić information content (AvgIpc) is 3.16. The number of carbonyl (C=O) groups excluding carboxylic acids is 2. The predicted molar refractivity (Wildman–Crippen MR) is 132 cm³/mol. The van der Waals surface area contributed by atoms with Gasteiger partial charge in [0, 0.05) is 13.8 Å². The van der Waals surface area contributed by atoms with Crippen LogP contribution in [0.3, 0.4) is 0 Å². The Morgan fingerprint density at radius 3 is 1.97 bits per heavy atom. The minimum absolute atomic E-state index is 0.00121. The maximum Gasteiger partial charge on any atom is 0.308 e. The lowest BCUT2D eigenvalue weighted by atomic mass is 9.99. The molecule has 0 radical (unpaired) electrons. The van der Waals surface area contributed by atoms with Crippen LogP contribution in [0, 0.1) is 0 Å². The van der Waals surface area contributed by atoms with Crippen LogP contribution in [-0.2, 0) is 9.59 Å². The number of phenols is 4. The van der Waals surface area contributed by atoms with Gasteiger partial charge in [-0.1, -0.05) is 6.07 Å². The molecule has 4 N–H and O–H groups in total. The number of aromatic hydroxyl groups is 4. The van der Waals surface area contributed by atoms with Gasteiger partial charge in [-0.05, 0) is 65.5 Å². The number of carbonyl (C=O) groups is 2. The Morgan fingerprint density at radius 1 is 0.794 bits per heavy atom. The fraction of sp³-hybridized carbons (Fsp3) is 0.0909. The zero-order chi connectivity index (χ0) is 25.1. The van der Waals surface area contributed by atoms with Gasteiger partial charge in [-0.2, -0.15) is 0 Å². The van der Waals surface area contributed by atoms with E-state index in [4.69, 9.17) is 13.9 Å². The third kappa shape index (κ3) is 3.75. The first-order chi connectivity index (χ1) is 15.9. The van der Waals surface area contributed by atoms with E-state index in [0.717, 1.165) is 13.8 Å². The van der Waals surface area contributed by atoms with E-state index >= 15 is 0 Å². The molecule has 0 aliphatic heterocycles. The SMILES string of the molecule is CC(=O)Oc1c(-c2ccc(O)c(Br)c2)c(O)c2oc3c(Br)c(O)c(O)c(Br)c3c2c1OC(C)=O. The topological polar surface area (TPSA) is 147 Å². The Hall–Kier alpha value is -2.96. The highest BCUT2D eigenvalue weighted by atomic mass is 79.9. The number of esters is 2. The van der Waals surface area contributed by atoms with Crippen molar-refractivity contribution in [3.63, 3.8) is 0 Å². The van der Waals surface area contributed by atoms with Crippen molar-refractivity contribution in [3.05, 3.63) is 31.6 Å². The van der Waals surface area contributed by atoms with Crippen LogP contribution in [0.1, 0.15) is 13.8 Å². The molecule has 0 aliphatic rings. The molecule has 0 atom stereocenters. The number of rotatable bonds is 3. The monoisotopic (exact) mass is 658 g/mol. The molecule has 0 spiro atoms. The van der Waals surface area contributed by atoms with E-state index in [0.29, 0.717) is 0 Å². The van der Waals surface area contributed by atoms with Crippen LogP contribution in [0.15, 0.2) is 36.0 Å². The first-order valence-electron chi connectivity index (χ1n) is 9.33. The summed E-state index contributed by atoms with van der Waals surface area (Å²) < 4.78 is 16.9. The Morgan fingerprint density at radius 2 is 1.38 bits per heavy atom. The summed E-state index contributed by atoms with van der Waals surface area (Å²) in [6.45, 7) is 2.25. The Balaban J connectivity index is 2.30. The van der Waals surface area contributed by atoms with E-state index in [-0.39, 0.29) is 63.7 Å². The van der Waals surface area contributed by atoms with Gasteiger partial charge in [0.05, 0.1) is 25.3 Å². The highest BCUT2D eigenvalue weighted by Gasteiger charge is 2.32. The van der Waals surface area contributed by atoms with Gasteiger partial charge in [-0.15, -0.1) is 0 Å². The van der Waals surface area contributed by atoms with Crippen LogP contribution in [0.4, 0.5) is 0 Å². The average molecular weight is 661 g/mol. The van der Waals surface area contributed by atoms with Gasteiger partial charge in [0.2, 0.25) is 0 Å². The molecule has 0 saturated heterocycles. The third-order valence-electron chi connectivity index (χ3n) is 4.81. The number of phenolic OH excluding ortho intramolecular Hbond substituents is 4. The van der Waals surface area contributed by atoms with Crippen molar-refractivity contribution in [2.24, 2.45) is 0 Å². The highest BCUT2D eigenvalue weighted by molar-refractivity contribution is 9.11. The molecule has 12 heteroatoms. The standard InChI is InChI=1S/C22H13Br3O9/c1-6(26)32-21-11(8-3-4-10(28)9(23)5-8)16(29)20-13(22(21)33-7(2)27)12-14(24)17(30)18(31)15(25)19(12)34-20/h3-5,28-31H,1-2H3. The lowest BCUT2D eigenvalue weighted by molar-refractivity contribution is -0.134. The van der Waals surface area contributed by atoms with Crippen molar-refractivity contribution >= 4 is 81.7 Å². The summed E-state index contributed by atoms with van der Waals surface area (Å²) in [7, 11) is 0. The first-order valence-corrected chi connectivity index (χ1v) is 11.7. The fourth-order valence-electron chi connectivity index (χ4n) is 3.47. The predicted octanol–water partition coefficient (Wildman–Crippen LogP) is 6.21. The molecule has 0 aliphatic carbocycles. The zero-order valence-electron chi connectivity index (χ0n) is 17.2. The van der Waals surface area contributed by atoms with Crippen molar-refractivity contribution in [2.75, 3.05) is 0 Å². The van der Waals surface area contributed by atoms with Gasteiger partial charge in [0.15, 0.2) is 39.9 Å². The molecule has 0 unspecified atom stereocenters. The minimum Gasteiger partial charge on any atom is -0.507 e. The summed E-state index contributed by atoms with van der Waals surface area (Å²) in [5.41, 5.74) is 0.0174. The second-order valence-electron chi connectivity index (χ2n) is 7.07. The van der Waals surface area contributed by atoms with Gasteiger partial charge >= 0.3 is 11.9 Å². The molecule has 34 heavy (non-hydrogen) atoms. The van der Waals surface area contributed by atoms with Crippen molar-refractivity contribution in [1.29, 1.82) is 0 Å². The fourth-order valence-corrected chi connectivity index (χ4v) is 4.88. The van der Waals surface area contributed by atoms with Crippen molar-refractivity contribution in [2.45, 2.75) is 13.8 Å². The van der Waals surface area contributed by atoms with Crippen molar-refractivity contribution < 1.29 is 43.9 Å². The highest BCUT2D eigenvalue weighted by Crippen LogP contribution is 2.58. The molecular weight excluding hydrogens is 648 g/mol. The number of benzene rings is 3. The van der Waals surface area contributed by atoms with E-state index in [1.165, 1.54) is 18.2 Å². The van der Waals surface area contributed by atoms with Crippen molar-refractivity contribution in [3.8, 4) is 45.6 Å². The number of furan rings is 1. The smallest absolute Gasteiger partial charge is 0.308 e. The Kier molecular flexibility index (Phi) is 6.17. The van der Waals surface area contributed by atoms with Gasteiger partial charge in [-0.25, -0.2) is 0 Å². The van der Waals surface area contributed by atoms with E-state index < -0.39 is 29.2 Å². The minimum atomic E-state index is -0.778. The van der Waals surface area contributed by atoms with Gasteiger partial charge in [0.25, 0.3) is 0 Å². The second-order valence-corrected chi connectivity index (χ2v) is 9.51. The number of ether oxygens (including phenoxy) is 2. The quantitative estimate of drug-likeness (QED) is 0.114. The van der Waals surface area contributed by atoms with Crippen LogP contribution < -0.4 is 9.47 Å². The molecule has 1 aromatic heterocycles. The van der Waals surface area contributed by atoms with E-state index in [1.807, 2.05) is 0 Å². The molecule has 176 valence electrons. The van der Waals surface area contributed by atoms with E-state index in [1.54, 1.807) is 0 Å². The molecular formula is C22H13Br3O9. The van der Waals surface area contributed by atoms with Crippen LogP contribution in [0.5, 0.6) is 34.5 Å². The number of halogens is 3. The summed E-state index contributed by atoms with van der Waals surface area (Å²) >= 11 is 9.54. The molecule has 0 fully saturated rings. The van der Waals surface area contributed by atoms with Crippen LogP contribution in [0.2, 0.25) is 0 Å². The maximum absolute atomic E-state index is 12.1. The summed E-state index contributed by atoms with van der Waals surface area (Å²) in [6, 6.07) is 4.23. The maximum atomic E-state index is 12.1. The molecule has 4 rings (SSSR count). The lowest BCUT2D eigenvalue weighted by Crippen LogP contribution is -2.09. The lowest BCUT2D eigenvalue weighted by Gasteiger charge is -2.17. The van der Waals surface area contributed by atoms with Crippen LogP contribution in [-0.4, -0.2) is 32.4 Å². The molecule has 9 nitrogen and oxygen atoms in total. The van der Waals surface area contributed by atoms with E-state index in [2.05, 4.69) is 47.8 Å². The normalized spacial score (nSPS) is 11.2. The summed E-state index contributed by atoms with van der Waals surface area (Å²) in [6.07, 6.45) is 0. The molecule has 3 aromatic carbocycles. The largest absolute Gasteiger partial charge is 0.507 e. The molecule has 0 bridgehead atoms. The van der Waals surface area contributed by atoms with Gasteiger partial charge < -0.3 is 34.3 Å². The molecule has 1 heterocycles. The third-order valence-corrected chi connectivity index (χ3v) is 6.95. The second kappa shape index (κ2) is 8.67. The van der Waals surface area contributed by atoms with Crippen LogP contribution in [0.25, 0.3) is 33.1 Å². The van der Waals surface area contributed by atoms with Crippen molar-refractivity contribution in [1.82, 2.24) is 0 Å². The molecule has 4 aromatic rings. The summed E-state index contributed by atoms with van der Waals surface area (Å²) in [4.78, 5) is 24.1. The Labute approximate surface area is 215 Å². The zero-order valence-corrected chi connectivity index (χ0v) is 22.0. The summed E-state index contributed by atoms with van der Waals surface area (Å²) in [5.74, 6) is -3.78. The number of hydrogen-bond donors (Lipinski definition) is 4. The van der Waals surface area contributed by atoms with Gasteiger partial charge in [-0.3, -0.25) is 9.59 Å². The van der Waals surface area contributed by atoms with Gasteiger partial charge in [0.1, 0.15) is 10.2 Å². The number of fused-ring (bicyclic) bond motifs is 3.